The number of aromatic amines is 1. The number of hydrogen-bond acceptors (Lipinski definition) is 3. The maximum Gasteiger partial charge on any atom is 0.277 e. The van der Waals surface area contributed by atoms with Gasteiger partial charge in [-0.2, -0.15) is 10.2 Å². The summed E-state index contributed by atoms with van der Waals surface area (Å²) in [5.74, 6) is -0.702. The summed E-state index contributed by atoms with van der Waals surface area (Å²) in [6.45, 7) is 7.69. The molecule has 0 aliphatic heterocycles. The van der Waals surface area contributed by atoms with Crippen molar-refractivity contribution >= 4 is 27.5 Å². The molecule has 2 N–H and O–H groups in total. The Kier molecular flexibility index (Phi) is 4.95. The summed E-state index contributed by atoms with van der Waals surface area (Å²) in [6.07, 6.45) is 0. The Morgan fingerprint density at radius 3 is 2.58 bits per heavy atom. The summed E-state index contributed by atoms with van der Waals surface area (Å²) in [5.41, 5.74) is 3.39. The summed E-state index contributed by atoms with van der Waals surface area (Å²) < 4.78 is 16.7. The normalized spacial score (nSPS) is 11.2. The minimum atomic E-state index is -0.474. The number of carbonyl (C=O) groups excluding carboxylic acids is 1. The van der Waals surface area contributed by atoms with Crippen molar-refractivity contribution in [3.8, 4) is 5.69 Å². The van der Waals surface area contributed by atoms with E-state index in [0.29, 0.717) is 15.8 Å². The fourth-order valence-electron chi connectivity index (χ4n) is 2.69. The highest BCUT2D eigenvalue weighted by molar-refractivity contribution is 9.10. The van der Waals surface area contributed by atoms with Crippen LogP contribution in [0.25, 0.3) is 5.69 Å². The van der Waals surface area contributed by atoms with Gasteiger partial charge >= 0.3 is 0 Å². The lowest BCUT2D eigenvalue weighted by Gasteiger charge is -2.09. The molecule has 0 saturated carbocycles. The van der Waals surface area contributed by atoms with Crippen LogP contribution in [-0.2, 0) is 0 Å². The third-order valence-electron chi connectivity index (χ3n) is 3.97. The molecule has 0 saturated heterocycles. The molecule has 8 heteroatoms. The Hall–Kier alpha value is -2.48. The fraction of sp³-hybridized carbons (Fsp3) is 0.278. The number of hydrogen-bond donors (Lipinski definition) is 2. The van der Waals surface area contributed by atoms with Crippen LogP contribution in [0.3, 0.4) is 0 Å². The van der Waals surface area contributed by atoms with Crippen LogP contribution in [0.5, 0.6) is 0 Å². The lowest BCUT2D eigenvalue weighted by molar-refractivity contribution is 0.102. The smallest absolute Gasteiger partial charge is 0.277 e. The molecule has 136 valence electrons. The second-order valence-electron chi connectivity index (χ2n) is 6.41. The van der Waals surface area contributed by atoms with Crippen molar-refractivity contribution in [1.29, 1.82) is 0 Å². The number of amides is 1. The molecular weight excluding hydrogens is 401 g/mol. The van der Waals surface area contributed by atoms with Gasteiger partial charge in [-0.3, -0.25) is 9.89 Å². The van der Waals surface area contributed by atoms with Crippen molar-refractivity contribution in [3.63, 3.8) is 0 Å². The van der Waals surface area contributed by atoms with E-state index in [0.717, 1.165) is 17.1 Å². The highest BCUT2D eigenvalue weighted by atomic mass is 79.9. The number of aromatic nitrogens is 4. The number of halogens is 2. The molecule has 3 aromatic rings. The number of benzene rings is 1. The zero-order valence-electron chi connectivity index (χ0n) is 14.9. The van der Waals surface area contributed by atoms with E-state index in [4.69, 9.17) is 0 Å². The van der Waals surface area contributed by atoms with Crippen LogP contribution in [-0.4, -0.2) is 25.9 Å². The third-order valence-corrected chi connectivity index (χ3v) is 4.77. The van der Waals surface area contributed by atoms with Crippen molar-refractivity contribution < 1.29 is 9.18 Å². The first-order valence-corrected chi connectivity index (χ1v) is 8.95. The molecule has 0 atom stereocenters. The molecule has 0 bridgehead atoms. The third kappa shape index (κ3) is 3.41. The van der Waals surface area contributed by atoms with Crippen LogP contribution in [0.15, 0.2) is 28.7 Å². The summed E-state index contributed by atoms with van der Waals surface area (Å²) in [7, 11) is 0. The van der Waals surface area contributed by atoms with Crippen molar-refractivity contribution in [2.45, 2.75) is 33.6 Å². The minimum absolute atomic E-state index is 0.191. The summed E-state index contributed by atoms with van der Waals surface area (Å²) in [5, 5.41) is 13.8. The van der Waals surface area contributed by atoms with E-state index in [2.05, 4.69) is 36.5 Å². The van der Waals surface area contributed by atoms with Crippen LogP contribution in [0.2, 0.25) is 0 Å². The largest absolute Gasteiger partial charge is 0.320 e. The highest BCUT2D eigenvalue weighted by Gasteiger charge is 2.20. The van der Waals surface area contributed by atoms with Gasteiger partial charge in [-0.05, 0) is 60.0 Å². The zero-order chi connectivity index (χ0) is 19.0. The molecule has 1 aromatic carbocycles. The number of aryl methyl sites for hydroxylation is 2. The average Bonchev–Trinajstić information content (AvgIpc) is 3.09. The molecule has 1 amide bonds. The number of nitrogens with zero attached hydrogens (tertiary/aromatic N) is 3. The predicted molar refractivity (Wildman–Crippen MR) is 101 cm³/mol. The molecule has 0 unspecified atom stereocenters. The van der Waals surface area contributed by atoms with Gasteiger partial charge in [0.1, 0.15) is 5.69 Å². The fourth-order valence-corrected chi connectivity index (χ4v) is 3.51. The van der Waals surface area contributed by atoms with Crippen molar-refractivity contribution in [2.24, 2.45) is 0 Å². The average molecular weight is 420 g/mol. The summed E-state index contributed by atoms with van der Waals surface area (Å²) >= 11 is 3.39. The van der Waals surface area contributed by atoms with Gasteiger partial charge in [0.15, 0.2) is 11.5 Å². The molecule has 3 rings (SSSR count). The SMILES string of the molecule is Cc1cc(C)n(-c2ccc(NC(=O)c3n[nH]c(C(C)C)c3Br)cc2F)n1. The Balaban J connectivity index is 1.84. The maximum absolute atomic E-state index is 14.5. The van der Waals surface area contributed by atoms with Gasteiger partial charge in [0.05, 0.1) is 15.9 Å². The molecule has 2 aromatic heterocycles. The van der Waals surface area contributed by atoms with Gasteiger partial charge < -0.3 is 5.32 Å². The van der Waals surface area contributed by atoms with Crippen LogP contribution >= 0.6 is 15.9 Å². The topological polar surface area (TPSA) is 75.6 Å². The van der Waals surface area contributed by atoms with Gasteiger partial charge in [0.2, 0.25) is 0 Å². The van der Waals surface area contributed by atoms with E-state index >= 15 is 0 Å². The Morgan fingerprint density at radius 1 is 1.31 bits per heavy atom. The molecule has 0 fully saturated rings. The Morgan fingerprint density at radius 2 is 2.04 bits per heavy atom. The first-order chi connectivity index (χ1) is 12.3. The Labute approximate surface area is 158 Å². The lowest BCUT2D eigenvalue weighted by Crippen LogP contribution is -2.13. The van der Waals surface area contributed by atoms with E-state index in [-0.39, 0.29) is 11.6 Å². The molecule has 26 heavy (non-hydrogen) atoms. The lowest BCUT2D eigenvalue weighted by atomic mass is 10.1. The molecule has 0 radical (unpaired) electrons. The van der Waals surface area contributed by atoms with Crippen molar-refractivity contribution in [2.75, 3.05) is 5.32 Å². The monoisotopic (exact) mass is 419 g/mol. The zero-order valence-corrected chi connectivity index (χ0v) is 16.5. The first-order valence-electron chi connectivity index (χ1n) is 8.16. The second kappa shape index (κ2) is 7.03. The number of anilines is 1. The number of H-pyrrole nitrogens is 1. The van der Waals surface area contributed by atoms with Crippen LogP contribution in [0.4, 0.5) is 10.1 Å². The summed E-state index contributed by atoms with van der Waals surface area (Å²) in [4.78, 5) is 12.4. The quantitative estimate of drug-likeness (QED) is 0.653. The molecule has 0 spiro atoms. The minimum Gasteiger partial charge on any atom is -0.320 e. The molecule has 2 heterocycles. The highest BCUT2D eigenvalue weighted by Crippen LogP contribution is 2.26. The van der Waals surface area contributed by atoms with E-state index < -0.39 is 11.7 Å². The standard InChI is InChI=1S/C18H19BrFN5O/c1-9(2)16-15(19)17(23-22-16)18(26)21-12-5-6-14(13(20)8-12)25-11(4)7-10(3)24-25/h5-9H,1-4H3,(H,21,26)(H,22,23). The van der Waals surface area contributed by atoms with Gasteiger partial charge in [-0.1, -0.05) is 13.8 Å². The molecule has 0 aliphatic rings. The van der Waals surface area contributed by atoms with E-state index in [1.54, 1.807) is 12.1 Å². The molecular formula is C18H19BrFN5O. The maximum atomic E-state index is 14.5. The number of rotatable bonds is 4. The van der Waals surface area contributed by atoms with Gasteiger partial charge in [0, 0.05) is 11.4 Å². The van der Waals surface area contributed by atoms with E-state index in [9.17, 15) is 9.18 Å². The van der Waals surface area contributed by atoms with Crippen molar-refractivity contribution in [1.82, 2.24) is 20.0 Å². The first kappa shape index (κ1) is 18.3. The number of carbonyl (C=O) groups is 1. The van der Waals surface area contributed by atoms with E-state index in [1.165, 1.54) is 10.7 Å². The Bertz CT molecular complexity index is 976. The van der Waals surface area contributed by atoms with Crippen molar-refractivity contribution in [3.05, 3.63) is 57.3 Å². The van der Waals surface area contributed by atoms with Gasteiger partial charge in [-0.25, -0.2) is 9.07 Å². The summed E-state index contributed by atoms with van der Waals surface area (Å²) in [6, 6.07) is 6.37. The number of nitrogens with one attached hydrogen (secondary N) is 2. The van der Waals surface area contributed by atoms with E-state index in [1.807, 2.05) is 33.8 Å². The van der Waals surface area contributed by atoms with Crippen LogP contribution in [0, 0.1) is 19.7 Å². The van der Waals surface area contributed by atoms with Crippen LogP contribution in [0.1, 0.15) is 47.3 Å². The predicted octanol–water partition coefficient (Wildman–Crippen LogP) is 4.49. The van der Waals surface area contributed by atoms with Gasteiger partial charge in [-0.15, -0.1) is 0 Å². The van der Waals surface area contributed by atoms with Gasteiger partial charge in [0.25, 0.3) is 5.91 Å². The van der Waals surface area contributed by atoms with Crippen LogP contribution < -0.4 is 5.32 Å². The second-order valence-corrected chi connectivity index (χ2v) is 7.21. The molecule has 6 nitrogen and oxygen atoms in total. The molecule has 0 aliphatic carbocycles.